The molecule has 28 heavy (non-hydrogen) atoms. The van der Waals surface area contributed by atoms with E-state index < -0.39 is 0 Å². The molecule has 0 radical (unpaired) electrons. The molecule has 2 aromatic rings. The number of rotatable bonds is 6. The number of hydrogen-bond donors (Lipinski definition) is 2. The minimum absolute atomic E-state index is 0.0609. The van der Waals surface area contributed by atoms with Crippen LogP contribution in [0.25, 0.3) is 0 Å². The number of hydrogen-bond acceptors (Lipinski definition) is 4. The van der Waals surface area contributed by atoms with Crippen LogP contribution in [0.3, 0.4) is 0 Å². The molecule has 4 aliphatic carbocycles. The van der Waals surface area contributed by atoms with Crippen LogP contribution >= 0.6 is 22.7 Å². The lowest BCUT2D eigenvalue weighted by molar-refractivity contribution is -0.105. The third-order valence-corrected chi connectivity index (χ3v) is 8.78. The van der Waals surface area contributed by atoms with Gasteiger partial charge in [-0.15, -0.1) is 22.7 Å². The molecule has 4 fully saturated rings. The fourth-order valence-electron chi connectivity index (χ4n) is 6.59. The van der Waals surface area contributed by atoms with Crippen molar-refractivity contribution < 1.29 is 9.59 Å². The van der Waals surface area contributed by atoms with Crippen molar-refractivity contribution in [3.63, 3.8) is 0 Å². The second-order valence-electron chi connectivity index (χ2n) is 9.28. The molecule has 0 atom stereocenters. The van der Waals surface area contributed by atoms with Gasteiger partial charge in [0.05, 0.1) is 9.75 Å². The molecular formula is C22H26N2O2S2. The predicted octanol–water partition coefficient (Wildman–Crippen LogP) is 4.56. The molecule has 2 amide bonds. The van der Waals surface area contributed by atoms with Crippen LogP contribution < -0.4 is 10.6 Å². The van der Waals surface area contributed by atoms with Gasteiger partial charge in [-0.2, -0.15) is 0 Å². The van der Waals surface area contributed by atoms with Crippen molar-refractivity contribution in [1.29, 1.82) is 0 Å². The van der Waals surface area contributed by atoms with E-state index in [-0.39, 0.29) is 22.6 Å². The van der Waals surface area contributed by atoms with Crippen LogP contribution in [0, 0.1) is 22.7 Å². The number of amides is 2. The second kappa shape index (κ2) is 6.99. The monoisotopic (exact) mass is 414 g/mol. The number of nitrogens with one attached hydrogen (secondary N) is 2. The van der Waals surface area contributed by atoms with Gasteiger partial charge in [-0.1, -0.05) is 12.1 Å². The van der Waals surface area contributed by atoms with E-state index in [4.69, 9.17) is 0 Å². The molecule has 148 valence electrons. The summed E-state index contributed by atoms with van der Waals surface area (Å²) in [6.07, 6.45) is 7.39. The lowest BCUT2D eigenvalue weighted by Crippen LogP contribution is -2.58. The summed E-state index contributed by atoms with van der Waals surface area (Å²) in [7, 11) is 0. The topological polar surface area (TPSA) is 58.2 Å². The molecule has 2 heterocycles. The summed E-state index contributed by atoms with van der Waals surface area (Å²) in [5, 5.41) is 10.4. The normalized spacial score (nSPS) is 33.0. The molecule has 2 aromatic heterocycles. The Morgan fingerprint density at radius 3 is 1.71 bits per heavy atom. The molecule has 0 saturated heterocycles. The molecule has 2 N–H and O–H groups in total. The zero-order chi connectivity index (χ0) is 19.2. The number of thiophene rings is 2. The fourth-order valence-corrected chi connectivity index (χ4v) is 7.87. The highest BCUT2D eigenvalue weighted by Crippen LogP contribution is 2.64. The molecular weight excluding hydrogens is 388 g/mol. The van der Waals surface area contributed by atoms with Gasteiger partial charge < -0.3 is 10.6 Å². The molecule has 6 rings (SSSR count). The van der Waals surface area contributed by atoms with E-state index >= 15 is 0 Å². The average molecular weight is 415 g/mol. The summed E-state index contributed by atoms with van der Waals surface area (Å²) in [6, 6.07) is 7.63. The summed E-state index contributed by atoms with van der Waals surface area (Å²) < 4.78 is 0. The number of carbonyl (C=O) groups is 2. The van der Waals surface area contributed by atoms with Gasteiger partial charge in [0.25, 0.3) is 11.8 Å². The van der Waals surface area contributed by atoms with Gasteiger partial charge in [0.15, 0.2) is 0 Å². The van der Waals surface area contributed by atoms with Gasteiger partial charge in [-0.3, -0.25) is 9.59 Å². The fraction of sp³-hybridized carbons (Fsp3) is 0.545. The van der Waals surface area contributed by atoms with E-state index in [2.05, 4.69) is 10.6 Å². The molecule has 0 unspecified atom stereocenters. The van der Waals surface area contributed by atoms with Crippen LogP contribution in [0.2, 0.25) is 0 Å². The van der Waals surface area contributed by atoms with Crippen LogP contribution in [0.15, 0.2) is 35.0 Å². The van der Waals surface area contributed by atoms with Gasteiger partial charge in [-0.25, -0.2) is 0 Å². The smallest absolute Gasteiger partial charge is 0.261 e. The van der Waals surface area contributed by atoms with Gasteiger partial charge in [-0.05, 0) is 84.1 Å². The summed E-state index contributed by atoms with van der Waals surface area (Å²) in [5.74, 6) is 1.62. The van der Waals surface area contributed by atoms with Crippen molar-refractivity contribution in [3.8, 4) is 0 Å². The molecule has 4 saturated carbocycles. The predicted molar refractivity (Wildman–Crippen MR) is 113 cm³/mol. The Bertz CT molecular complexity index is 777. The Hall–Kier alpha value is -1.66. The summed E-state index contributed by atoms with van der Waals surface area (Å²) in [5.41, 5.74) is 0.426. The Morgan fingerprint density at radius 1 is 0.857 bits per heavy atom. The third kappa shape index (κ3) is 3.41. The van der Waals surface area contributed by atoms with Crippen molar-refractivity contribution in [2.45, 2.75) is 38.5 Å². The van der Waals surface area contributed by atoms with Crippen molar-refractivity contribution in [2.24, 2.45) is 22.7 Å². The van der Waals surface area contributed by atoms with Crippen LogP contribution in [0.5, 0.6) is 0 Å². The van der Waals surface area contributed by atoms with Gasteiger partial charge in [0.2, 0.25) is 0 Å². The molecule has 4 aliphatic rings. The van der Waals surface area contributed by atoms with Crippen LogP contribution in [-0.4, -0.2) is 24.9 Å². The minimum atomic E-state index is 0.0609. The van der Waals surface area contributed by atoms with Crippen LogP contribution in [-0.2, 0) is 0 Å². The highest BCUT2D eigenvalue weighted by atomic mass is 32.1. The lowest BCUT2D eigenvalue weighted by atomic mass is 9.44. The van der Waals surface area contributed by atoms with E-state index in [0.29, 0.717) is 0 Å². The third-order valence-electron chi connectivity index (χ3n) is 7.04. The summed E-state index contributed by atoms with van der Waals surface area (Å²) in [4.78, 5) is 26.5. The zero-order valence-electron chi connectivity index (χ0n) is 15.9. The Kier molecular flexibility index (Phi) is 4.59. The van der Waals surface area contributed by atoms with Crippen molar-refractivity contribution >= 4 is 34.5 Å². The van der Waals surface area contributed by atoms with Crippen molar-refractivity contribution in [3.05, 3.63) is 44.8 Å². The second-order valence-corrected chi connectivity index (χ2v) is 11.2. The highest BCUT2D eigenvalue weighted by Gasteiger charge is 2.57. The van der Waals surface area contributed by atoms with E-state index in [1.807, 2.05) is 35.0 Å². The van der Waals surface area contributed by atoms with Crippen molar-refractivity contribution in [1.82, 2.24) is 10.6 Å². The highest BCUT2D eigenvalue weighted by molar-refractivity contribution is 7.12. The van der Waals surface area contributed by atoms with Crippen LogP contribution in [0.4, 0.5) is 0 Å². The Balaban J connectivity index is 1.27. The Morgan fingerprint density at radius 2 is 1.32 bits per heavy atom. The van der Waals surface area contributed by atoms with E-state index in [9.17, 15) is 9.59 Å². The van der Waals surface area contributed by atoms with Gasteiger partial charge >= 0.3 is 0 Å². The molecule has 0 aromatic carbocycles. The van der Waals surface area contributed by atoms with Crippen LogP contribution in [0.1, 0.15) is 57.9 Å². The first-order valence-corrected chi connectivity index (χ1v) is 11.9. The van der Waals surface area contributed by atoms with Gasteiger partial charge in [0.1, 0.15) is 0 Å². The first-order valence-electron chi connectivity index (χ1n) is 10.2. The summed E-state index contributed by atoms with van der Waals surface area (Å²) in [6.45, 7) is 1.55. The maximum atomic E-state index is 12.5. The maximum Gasteiger partial charge on any atom is 0.261 e. The first-order chi connectivity index (χ1) is 13.5. The lowest BCUT2D eigenvalue weighted by Gasteiger charge is -2.62. The molecule has 4 nitrogen and oxygen atoms in total. The summed E-state index contributed by atoms with van der Waals surface area (Å²) >= 11 is 3.00. The van der Waals surface area contributed by atoms with E-state index in [1.165, 1.54) is 54.8 Å². The molecule has 0 spiro atoms. The van der Waals surface area contributed by atoms with E-state index in [0.717, 1.165) is 41.1 Å². The number of carbonyl (C=O) groups excluding carboxylic acids is 2. The Labute approximate surface area is 173 Å². The average Bonchev–Trinajstić information content (AvgIpc) is 3.37. The first kappa shape index (κ1) is 18.4. The van der Waals surface area contributed by atoms with Crippen molar-refractivity contribution in [2.75, 3.05) is 13.1 Å². The molecule has 6 heteroatoms. The standard InChI is InChI=1S/C22H26N2O2S2/c25-19(17-3-1-5-27-17)23-13-21-8-15-7-16(9-21)11-22(10-15,12-21)14-24-20(26)18-4-2-6-28-18/h1-6,15-16H,7-14H2,(H,23,25)(H,24,26). The van der Waals surface area contributed by atoms with Gasteiger partial charge in [0, 0.05) is 13.1 Å². The maximum absolute atomic E-state index is 12.5. The molecule has 4 bridgehead atoms. The quantitative estimate of drug-likeness (QED) is 0.728. The molecule has 0 aliphatic heterocycles. The zero-order valence-corrected chi connectivity index (χ0v) is 17.5. The minimum Gasteiger partial charge on any atom is -0.351 e. The SMILES string of the molecule is O=C(NCC12CC3CC(C1)CC(CNC(=O)c1cccs1)(C3)C2)c1cccs1. The van der Waals surface area contributed by atoms with E-state index in [1.54, 1.807) is 0 Å². The largest absolute Gasteiger partial charge is 0.351 e.